The van der Waals surface area contributed by atoms with Gasteiger partial charge in [-0.3, -0.25) is 0 Å². The van der Waals surface area contributed by atoms with Crippen LogP contribution in [0.1, 0.15) is 25.0 Å². The molecule has 0 spiro atoms. The van der Waals surface area contributed by atoms with Crippen LogP contribution in [0.5, 0.6) is 0 Å². The summed E-state index contributed by atoms with van der Waals surface area (Å²) in [7, 11) is 0. The largest absolute Gasteiger partial charge is 0.456 e. The van der Waals surface area contributed by atoms with Crippen LogP contribution in [-0.2, 0) is 5.41 Å². The third-order valence-electron chi connectivity index (χ3n) is 11.2. The molecule has 11 rings (SSSR count). The monoisotopic (exact) mass is 667 g/mol. The molecule has 2 heterocycles. The summed E-state index contributed by atoms with van der Waals surface area (Å²) in [6, 6.07) is 58.7. The van der Waals surface area contributed by atoms with Gasteiger partial charge in [0.1, 0.15) is 22.3 Å². The van der Waals surface area contributed by atoms with E-state index in [1.54, 1.807) is 0 Å². The number of benzene rings is 8. The Bertz CT molecular complexity index is 3050. The number of hydrogen-bond donors (Lipinski definition) is 0. The third-order valence-corrected chi connectivity index (χ3v) is 11.2. The standard InChI is InChI=1S/C49H33NO2/c1-49(2)41-18-10-8-16-36(41)37-23-21-32(27-42(37)49)50(33-22-24-39-38-17-9-11-19-43(38)51-45(39)28-33)34-26-40(30-12-4-3-5-13-30)48-46(29-34)52-44-25-20-31-14-6-7-15-35(31)47(44)48/h3-29H,1-2H3. The Labute approximate surface area is 301 Å². The summed E-state index contributed by atoms with van der Waals surface area (Å²) in [5.74, 6) is 0. The molecule has 0 radical (unpaired) electrons. The van der Waals surface area contributed by atoms with Gasteiger partial charge in [0.25, 0.3) is 0 Å². The molecule has 3 nitrogen and oxygen atoms in total. The fourth-order valence-electron chi connectivity index (χ4n) is 8.76. The minimum atomic E-state index is -0.144. The molecular weight excluding hydrogens is 635 g/mol. The van der Waals surface area contributed by atoms with E-state index < -0.39 is 0 Å². The van der Waals surface area contributed by atoms with Crippen LogP contribution < -0.4 is 4.90 Å². The molecule has 1 aliphatic carbocycles. The molecule has 8 aromatic carbocycles. The number of rotatable bonds is 4. The predicted molar refractivity (Wildman–Crippen MR) is 216 cm³/mol. The van der Waals surface area contributed by atoms with E-state index in [0.717, 1.165) is 72.1 Å². The topological polar surface area (TPSA) is 29.5 Å². The molecule has 1 aliphatic rings. The Balaban J connectivity index is 1.21. The summed E-state index contributed by atoms with van der Waals surface area (Å²) in [4.78, 5) is 2.36. The number of anilines is 3. The molecule has 0 saturated carbocycles. The van der Waals surface area contributed by atoms with Crippen molar-refractivity contribution in [2.24, 2.45) is 0 Å². The molecule has 3 heteroatoms. The molecule has 0 unspecified atom stereocenters. The van der Waals surface area contributed by atoms with Crippen molar-refractivity contribution in [2.75, 3.05) is 4.90 Å². The van der Waals surface area contributed by atoms with E-state index in [-0.39, 0.29) is 5.41 Å². The van der Waals surface area contributed by atoms with Crippen molar-refractivity contribution in [3.05, 3.63) is 175 Å². The smallest absolute Gasteiger partial charge is 0.138 e. The molecular formula is C49H33NO2. The lowest BCUT2D eigenvalue weighted by Gasteiger charge is -2.28. The minimum Gasteiger partial charge on any atom is -0.456 e. The Hall–Kier alpha value is -6.58. The summed E-state index contributed by atoms with van der Waals surface area (Å²) >= 11 is 0. The highest BCUT2D eigenvalue weighted by molar-refractivity contribution is 6.23. The first-order valence-corrected chi connectivity index (χ1v) is 17.9. The quantitative estimate of drug-likeness (QED) is 0.187. The molecule has 0 N–H and O–H groups in total. The Morgan fingerprint density at radius 3 is 1.98 bits per heavy atom. The first kappa shape index (κ1) is 29.2. The highest BCUT2D eigenvalue weighted by Gasteiger charge is 2.36. The highest BCUT2D eigenvalue weighted by Crippen LogP contribution is 2.52. The summed E-state index contributed by atoms with van der Waals surface area (Å²) < 4.78 is 13.3. The summed E-state index contributed by atoms with van der Waals surface area (Å²) in [5, 5.41) is 6.88. The van der Waals surface area contributed by atoms with Crippen LogP contribution in [0.25, 0.3) is 76.9 Å². The van der Waals surface area contributed by atoms with Crippen LogP contribution >= 0.6 is 0 Å². The summed E-state index contributed by atoms with van der Waals surface area (Å²) in [5.41, 5.74) is 14.0. The highest BCUT2D eigenvalue weighted by atomic mass is 16.3. The average molecular weight is 668 g/mol. The van der Waals surface area contributed by atoms with Crippen LogP contribution in [0.15, 0.2) is 173 Å². The number of nitrogens with zero attached hydrogens (tertiary/aromatic N) is 1. The maximum absolute atomic E-state index is 6.80. The van der Waals surface area contributed by atoms with E-state index in [0.29, 0.717) is 0 Å². The van der Waals surface area contributed by atoms with Gasteiger partial charge in [-0.15, -0.1) is 0 Å². The van der Waals surface area contributed by atoms with Gasteiger partial charge in [-0.05, 0) is 86.6 Å². The maximum atomic E-state index is 6.80. The fourth-order valence-corrected chi connectivity index (χ4v) is 8.76. The Morgan fingerprint density at radius 2 is 1.08 bits per heavy atom. The van der Waals surface area contributed by atoms with Gasteiger partial charge in [0.2, 0.25) is 0 Å². The van der Waals surface area contributed by atoms with Gasteiger partial charge in [-0.25, -0.2) is 0 Å². The van der Waals surface area contributed by atoms with Crippen molar-refractivity contribution in [2.45, 2.75) is 19.3 Å². The number of fused-ring (bicyclic) bond motifs is 11. The second-order valence-electron chi connectivity index (χ2n) is 14.5. The van der Waals surface area contributed by atoms with Crippen LogP contribution in [0.2, 0.25) is 0 Å². The van der Waals surface area contributed by atoms with Crippen LogP contribution in [-0.4, -0.2) is 0 Å². The van der Waals surface area contributed by atoms with Crippen molar-refractivity contribution >= 4 is 71.7 Å². The van der Waals surface area contributed by atoms with Gasteiger partial charge in [-0.2, -0.15) is 0 Å². The third kappa shape index (κ3) is 4.14. The second-order valence-corrected chi connectivity index (χ2v) is 14.5. The average Bonchev–Trinajstić information content (AvgIpc) is 3.83. The molecule has 0 fully saturated rings. The zero-order chi connectivity index (χ0) is 34.6. The van der Waals surface area contributed by atoms with Gasteiger partial charge in [0, 0.05) is 50.5 Å². The van der Waals surface area contributed by atoms with Crippen molar-refractivity contribution in [1.82, 2.24) is 0 Å². The van der Waals surface area contributed by atoms with Gasteiger partial charge < -0.3 is 13.7 Å². The van der Waals surface area contributed by atoms with Crippen molar-refractivity contribution in [3.63, 3.8) is 0 Å². The Morgan fingerprint density at radius 1 is 0.404 bits per heavy atom. The molecule has 0 aliphatic heterocycles. The maximum Gasteiger partial charge on any atom is 0.138 e. The zero-order valence-corrected chi connectivity index (χ0v) is 28.9. The number of para-hydroxylation sites is 1. The van der Waals surface area contributed by atoms with Gasteiger partial charge in [0.15, 0.2) is 0 Å². The summed E-state index contributed by atoms with van der Waals surface area (Å²) in [6.07, 6.45) is 0. The Kier molecular flexibility index (Phi) is 6.01. The SMILES string of the molecule is CC1(C)c2ccccc2-c2ccc(N(c3ccc4c(c3)oc3ccccc34)c3cc(-c4ccccc4)c4c(c3)oc3ccc5ccccc5c34)cc21. The van der Waals surface area contributed by atoms with E-state index in [4.69, 9.17) is 8.83 Å². The minimum absolute atomic E-state index is 0.144. The molecule has 0 bridgehead atoms. The van der Waals surface area contributed by atoms with E-state index in [9.17, 15) is 0 Å². The van der Waals surface area contributed by atoms with Gasteiger partial charge in [0.05, 0.1) is 5.69 Å². The number of hydrogen-bond acceptors (Lipinski definition) is 3. The van der Waals surface area contributed by atoms with Crippen molar-refractivity contribution < 1.29 is 8.83 Å². The molecule has 2 aromatic heterocycles. The second kappa shape index (κ2) is 10.7. The fraction of sp³-hybridized carbons (Fsp3) is 0.0612. The van der Waals surface area contributed by atoms with Crippen LogP contribution in [0.3, 0.4) is 0 Å². The first-order valence-electron chi connectivity index (χ1n) is 17.9. The molecule has 0 amide bonds. The number of furan rings is 2. The molecule has 246 valence electrons. The van der Waals surface area contributed by atoms with Crippen LogP contribution in [0, 0.1) is 0 Å². The summed E-state index contributed by atoms with van der Waals surface area (Å²) in [6.45, 7) is 4.68. The van der Waals surface area contributed by atoms with Crippen molar-refractivity contribution in [1.29, 1.82) is 0 Å². The normalized spacial score (nSPS) is 13.3. The molecule has 0 saturated heterocycles. The van der Waals surface area contributed by atoms with E-state index in [2.05, 4.69) is 170 Å². The first-order chi connectivity index (χ1) is 25.5. The molecule has 52 heavy (non-hydrogen) atoms. The van der Waals surface area contributed by atoms with Crippen molar-refractivity contribution in [3.8, 4) is 22.3 Å². The molecule has 0 atom stereocenters. The van der Waals surface area contributed by atoms with Gasteiger partial charge >= 0.3 is 0 Å². The lowest BCUT2D eigenvalue weighted by molar-refractivity contribution is 0.660. The van der Waals surface area contributed by atoms with Crippen LogP contribution in [0.4, 0.5) is 17.1 Å². The molecule has 10 aromatic rings. The zero-order valence-electron chi connectivity index (χ0n) is 28.9. The van der Waals surface area contributed by atoms with Gasteiger partial charge in [-0.1, -0.05) is 123 Å². The van der Waals surface area contributed by atoms with E-state index >= 15 is 0 Å². The lowest BCUT2D eigenvalue weighted by Crippen LogP contribution is -2.16. The van der Waals surface area contributed by atoms with E-state index in [1.165, 1.54) is 33.0 Å². The lowest BCUT2D eigenvalue weighted by atomic mass is 9.82. The van der Waals surface area contributed by atoms with E-state index in [1.807, 2.05) is 12.1 Å². The predicted octanol–water partition coefficient (Wildman–Crippen LogP) is 14.1.